The van der Waals surface area contributed by atoms with E-state index in [1.54, 1.807) is 24.5 Å². The Morgan fingerprint density at radius 1 is 1.17 bits per heavy atom. The Hall–Kier alpha value is -3.98. The zero-order valence-electron chi connectivity index (χ0n) is 16.0. The minimum Gasteiger partial charge on any atom is -0.378 e. The van der Waals surface area contributed by atoms with Gasteiger partial charge in [0, 0.05) is 37.1 Å². The average Bonchev–Trinajstić information content (AvgIpc) is 3.07. The first-order chi connectivity index (χ1) is 14.1. The van der Waals surface area contributed by atoms with E-state index in [1.165, 1.54) is 0 Å². The molecule has 0 saturated carbocycles. The number of pyridine rings is 1. The number of benzene rings is 2. The Kier molecular flexibility index (Phi) is 5.04. The molecule has 6 heteroatoms. The molecule has 0 bridgehead atoms. The van der Waals surface area contributed by atoms with E-state index in [1.807, 2.05) is 49.5 Å². The lowest BCUT2D eigenvalue weighted by atomic mass is 10.1. The number of hydrogen-bond donors (Lipinski definition) is 1. The number of imidazole rings is 1. The summed E-state index contributed by atoms with van der Waals surface area (Å²) in [5.41, 5.74) is 5.08. The van der Waals surface area contributed by atoms with Crippen LogP contribution in [0.5, 0.6) is 0 Å². The Morgan fingerprint density at radius 2 is 2.00 bits per heavy atom. The molecule has 29 heavy (non-hydrogen) atoms. The van der Waals surface area contributed by atoms with E-state index in [0.717, 1.165) is 28.1 Å². The monoisotopic (exact) mass is 381 g/mol. The molecule has 4 aromatic rings. The maximum absolute atomic E-state index is 12.2. The van der Waals surface area contributed by atoms with Gasteiger partial charge in [-0.2, -0.15) is 5.26 Å². The second kappa shape index (κ2) is 7.95. The van der Waals surface area contributed by atoms with Gasteiger partial charge in [0.25, 0.3) is 0 Å². The number of anilines is 1. The first kappa shape index (κ1) is 18.4. The third-order valence-corrected chi connectivity index (χ3v) is 4.86. The van der Waals surface area contributed by atoms with Crippen LogP contribution < -0.4 is 5.32 Å². The Morgan fingerprint density at radius 3 is 2.72 bits per heavy atom. The zero-order chi connectivity index (χ0) is 20.2. The van der Waals surface area contributed by atoms with Crippen LogP contribution in [0.3, 0.4) is 0 Å². The second-order valence-corrected chi connectivity index (χ2v) is 6.79. The number of carbonyl (C=O) groups is 1. The summed E-state index contributed by atoms with van der Waals surface area (Å²) in [6.07, 6.45) is 3.90. The SMILES string of the molecule is Cn1c(Cc2ccc(C#N)cc2)nc2cc(NCC(=O)c3cccnc3)ccc21. The van der Waals surface area contributed by atoms with Crippen LogP contribution in [-0.2, 0) is 13.5 Å². The van der Waals surface area contributed by atoms with Crippen LogP contribution in [-0.4, -0.2) is 26.9 Å². The van der Waals surface area contributed by atoms with Gasteiger partial charge in [-0.05, 0) is 48.0 Å². The molecule has 142 valence electrons. The van der Waals surface area contributed by atoms with E-state index in [9.17, 15) is 4.79 Å². The van der Waals surface area contributed by atoms with E-state index in [4.69, 9.17) is 10.2 Å². The van der Waals surface area contributed by atoms with Gasteiger partial charge in [-0.3, -0.25) is 9.78 Å². The fourth-order valence-electron chi connectivity index (χ4n) is 3.21. The van der Waals surface area contributed by atoms with Gasteiger partial charge in [-0.15, -0.1) is 0 Å². The summed E-state index contributed by atoms with van der Waals surface area (Å²) in [5, 5.41) is 12.1. The summed E-state index contributed by atoms with van der Waals surface area (Å²) in [7, 11) is 1.99. The highest BCUT2D eigenvalue weighted by Gasteiger charge is 2.10. The van der Waals surface area contributed by atoms with Crippen LogP contribution in [0.1, 0.15) is 27.3 Å². The minimum absolute atomic E-state index is 0.0132. The fraction of sp³-hybridized carbons (Fsp3) is 0.130. The molecule has 2 aromatic heterocycles. The largest absolute Gasteiger partial charge is 0.378 e. The molecule has 0 saturated heterocycles. The number of aromatic nitrogens is 3. The molecular weight excluding hydrogens is 362 g/mol. The average molecular weight is 381 g/mol. The van der Waals surface area contributed by atoms with E-state index in [2.05, 4.69) is 20.9 Å². The number of Topliss-reactive ketones (excluding diaryl/α,β-unsaturated/α-hetero) is 1. The van der Waals surface area contributed by atoms with Gasteiger partial charge in [-0.25, -0.2) is 4.98 Å². The molecule has 0 radical (unpaired) electrons. The number of nitrogens with one attached hydrogen (secondary N) is 1. The topological polar surface area (TPSA) is 83.6 Å². The molecule has 0 aliphatic rings. The number of carbonyl (C=O) groups excluding carboxylic acids is 1. The molecular formula is C23H19N5O. The van der Waals surface area contributed by atoms with Gasteiger partial charge in [0.1, 0.15) is 5.82 Å². The highest BCUT2D eigenvalue weighted by molar-refractivity contribution is 5.98. The summed E-state index contributed by atoms with van der Waals surface area (Å²) in [5.74, 6) is 0.925. The summed E-state index contributed by atoms with van der Waals surface area (Å²) in [6.45, 7) is 0.197. The first-order valence-corrected chi connectivity index (χ1v) is 9.25. The number of ketones is 1. The van der Waals surface area contributed by atoms with Gasteiger partial charge in [0.05, 0.1) is 29.2 Å². The van der Waals surface area contributed by atoms with E-state index >= 15 is 0 Å². The molecule has 0 aliphatic heterocycles. The van der Waals surface area contributed by atoms with Gasteiger partial charge in [-0.1, -0.05) is 12.1 Å². The van der Waals surface area contributed by atoms with Crippen molar-refractivity contribution in [3.63, 3.8) is 0 Å². The molecule has 4 rings (SSSR count). The summed E-state index contributed by atoms with van der Waals surface area (Å²) < 4.78 is 2.07. The van der Waals surface area contributed by atoms with Crippen LogP contribution in [0.4, 0.5) is 5.69 Å². The van der Waals surface area contributed by atoms with Crippen LogP contribution >= 0.6 is 0 Å². The predicted octanol–water partition coefficient (Wildman–Crippen LogP) is 3.73. The summed E-state index contributed by atoms with van der Waals surface area (Å²) in [4.78, 5) is 21.0. The first-order valence-electron chi connectivity index (χ1n) is 9.25. The molecule has 2 aromatic carbocycles. The molecule has 0 fully saturated rings. The normalized spacial score (nSPS) is 10.6. The number of aryl methyl sites for hydroxylation is 1. The highest BCUT2D eigenvalue weighted by Crippen LogP contribution is 2.21. The van der Waals surface area contributed by atoms with Crippen molar-refractivity contribution in [3.05, 3.63) is 89.5 Å². The molecule has 0 amide bonds. The molecule has 0 aliphatic carbocycles. The number of hydrogen-bond acceptors (Lipinski definition) is 5. The van der Waals surface area contributed by atoms with Gasteiger partial charge >= 0.3 is 0 Å². The minimum atomic E-state index is -0.0132. The highest BCUT2D eigenvalue weighted by atomic mass is 16.1. The van der Waals surface area contributed by atoms with Crippen LogP contribution in [0, 0.1) is 11.3 Å². The van der Waals surface area contributed by atoms with Crippen molar-refractivity contribution in [1.82, 2.24) is 14.5 Å². The van der Waals surface area contributed by atoms with Crippen molar-refractivity contribution >= 4 is 22.5 Å². The Bertz CT molecular complexity index is 1200. The van der Waals surface area contributed by atoms with Crippen LogP contribution in [0.15, 0.2) is 67.0 Å². The predicted molar refractivity (Wildman–Crippen MR) is 112 cm³/mol. The third-order valence-electron chi connectivity index (χ3n) is 4.86. The Balaban J connectivity index is 1.50. The second-order valence-electron chi connectivity index (χ2n) is 6.79. The van der Waals surface area contributed by atoms with Crippen LogP contribution in [0.2, 0.25) is 0 Å². The van der Waals surface area contributed by atoms with Crippen molar-refractivity contribution in [1.29, 1.82) is 5.26 Å². The van der Waals surface area contributed by atoms with Crippen molar-refractivity contribution in [2.24, 2.45) is 7.05 Å². The maximum atomic E-state index is 12.2. The molecule has 6 nitrogen and oxygen atoms in total. The number of nitrogens with zero attached hydrogens (tertiary/aromatic N) is 4. The van der Waals surface area contributed by atoms with E-state index in [0.29, 0.717) is 17.5 Å². The smallest absolute Gasteiger partial charge is 0.183 e. The van der Waals surface area contributed by atoms with Gasteiger partial charge in [0.2, 0.25) is 0 Å². The number of rotatable bonds is 6. The molecule has 0 unspecified atom stereocenters. The Labute approximate surface area is 168 Å². The third kappa shape index (κ3) is 3.99. The molecule has 0 spiro atoms. The lowest BCUT2D eigenvalue weighted by molar-refractivity contribution is 0.101. The van der Waals surface area contributed by atoms with Gasteiger partial charge in [0.15, 0.2) is 5.78 Å². The van der Waals surface area contributed by atoms with E-state index in [-0.39, 0.29) is 12.3 Å². The fourth-order valence-corrected chi connectivity index (χ4v) is 3.21. The van der Waals surface area contributed by atoms with Gasteiger partial charge < -0.3 is 9.88 Å². The van der Waals surface area contributed by atoms with E-state index < -0.39 is 0 Å². The quantitative estimate of drug-likeness (QED) is 0.515. The van der Waals surface area contributed by atoms with Crippen molar-refractivity contribution in [2.75, 3.05) is 11.9 Å². The summed E-state index contributed by atoms with van der Waals surface area (Å²) in [6, 6.07) is 19.1. The zero-order valence-corrected chi connectivity index (χ0v) is 16.0. The molecule has 1 N–H and O–H groups in total. The molecule has 2 heterocycles. The standard InChI is InChI=1S/C23H19N5O/c1-28-21-9-8-19(26-15-22(29)18-3-2-10-25-14-18)12-20(21)27-23(28)11-16-4-6-17(13-24)7-5-16/h2-10,12,14,26H,11,15H2,1H3. The van der Waals surface area contributed by atoms with Crippen molar-refractivity contribution < 1.29 is 4.79 Å². The van der Waals surface area contributed by atoms with Crippen molar-refractivity contribution in [3.8, 4) is 6.07 Å². The lowest BCUT2D eigenvalue weighted by Gasteiger charge is -2.06. The maximum Gasteiger partial charge on any atom is 0.183 e. The van der Waals surface area contributed by atoms with Crippen LogP contribution in [0.25, 0.3) is 11.0 Å². The number of nitriles is 1. The molecule has 0 atom stereocenters. The lowest BCUT2D eigenvalue weighted by Crippen LogP contribution is -2.14. The van der Waals surface area contributed by atoms with Crippen molar-refractivity contribution in [2.45, 2.75) is 6.42 Å². The summed E-state index contributed by atoms with van der Waals surface area (Å²) >= 11 is 0. The number of fused-ring (bicyclic) bond motifs is 1.